The van der Waals surface area contributed by atoms with Gasteiger partial charge >= 0.3 is 0 Å². The molecule has 0 aliphatic heterocycles. The van der Waals surface area contributed by atoms with Crippen molar-refractivity contribution in [1.29, 1.82) is 0 Å². The SMILES string of the molecule is CCOc1ccc(C(O)c2cccc(Cl)c2F)c(Br)c1. The van der Waals surface area contributed by atoms with Gasteiger partial charge in [0.1, 0.15) is 17.7 Å². The molecule has 2 aromatic rings. The van der Waals surface area contributed by atoms with Crippen molar-refractivity contribution in [3.8, 4) is 5.75 Å². The van der Waals surface area contributed by atoms with Crippen LogP contribution in [-0.2, 0) is 0 Å². The topological polar surface area (TPSA) is 29.5 Å². The second-order valence-corrected chi connectivity index (χ2v) is 5.42. The summed E-state index contributed by atoms with van der Waals surface area (Å²) in [6.07, 6.45) is -1.10. The van der Waals surface area contributed by atoms with Crippen LogP contribution in [-0.4, -0.2) is 11.7 Å². The van der Waals surface area contributed by atoms with Crippen molar-refractivity contribution < 1.29 is 14.2 Å². The van der Waals surface area contributed by atoms with Crippen LogP contribution < -0.4 is 4.74 Å². The normalized spacial score (nSPS) is 12.2. The summed E-state index contributed by atoms with van der Waals surface area (Å²) >= 11 is 9.10. The van der Waals surface area contributed by atoms with Crippen LogP contribution in [0.3, 0.4) is 0 Å². The number of hydrogen-bond donors (Lipinski definition) is 1. The Hall–Kier alpha value is -1.10. The summed E-state index contributed by atoms with van der Waals surface area (Å²) in [7, 11) is 0. The minimum atomic E-state index is -1.10. The van der Waals surface area contributed by atoms with E-state index in [4.69, 9.17) is 16.3 Å². The molecule has 0 spiro atoms. The minimum Gasteiger partial charge on any atom is -0.494 e. The number of ether oxygens (including phenoxy) is 1. The van der Waals surface area contributed by atoms with Crippen LogP contribution in [0.2, 0.25) is 5.02 Å². The van der Waals surface area contributed by atoms with E-state index >= 15 is 0 Å². The summed E-state index contributed by atoms with van der Waals surface area (Å²) in [6, 6.07) is 9.72. The highest BCUT2D eigenvalue weighted by molar-refractivity contribution is 9.10. The third kappa shape index (κ3) is 3.14. The van der Waals surface area contributed by atoms with E-state index in [1.165, 1.54) is 12.1 Å². The van der Waals surface area contributed by atoms with Gasteiger partial charge in [-0.15, -0.1) is 0 Å². The highest BCUT2D eigenvalue weighted by atomic mass is 79.9. The van der Waals surface area contributed by atoms with Gasteiger partial charge in [0, 0.05) is 10.0 Å². The molecule has 1 unspecified atom stereocenters. The predicted molar refractivity (Wildman–Crippen MR) is 80.8 cm³/mol. The smallest absolute Gasteiger partial charge is 0.147 e. The molecule has 2 aromatic carbocycles. The number of aliphatic hydroxyl groups excluding tert-OH is 1. The molecule has 0 heterocycles. The molecule has 2 rings (SSSR count). The molecular weight excluding hydrogens is 347 g/mol. The number of aliphatic hydroxyl groups is 1. The molecule has 0 saturated heterocycles. The van der Waals surface area contributed by atoms with Gasteiger partial charge in [-0.25, -0.2) is 4.39 Å². The van der Waals surface area contributed by atoms with Gasteiger partial charge in [0.2, 0.25) is 0 Å². The zero-order chi connectivity index (χ0) is 14.7. The zero-order valence-electron chi connectivity index (χ0n) is 10.7. The molecular formula is C15H13BrClFO2. The molecule has 0 aliphatic rings. The molecule has 0 bridgehead atoms. The van der Waals surface area contributed by atoms with E-state index < -0.39 is 11.9 Å². The fourth-order valence-corrected chi connectivity index (χ4v) is 2.64. The molecule has 0 fully saturated rings. The molecule has 106 valence electrons. The summed E-state index contributed by atoms with van der Waals surface area (Å²) in [5.74, 6) is 0.0735. The van der Waals surface area contributed by atoms with E-state index in [1.807, 2.05) is 6.92 Å². The molecule has 1 atom stereocenters. The Morgan fingerprint density at radius 3 is 2.70 bits per heavy atom. The van der Waals surface area contributed by atoms with Gasteiger partial charge in [-0.1, -0.05) is 45.7 Å². The van der Waals surface area contributed by atoms with Gasteiger partial charge < -0.3 is 9.84 Å². The first-order chi connectivity index (χ1) is 9.54. The minimum absolute atomic E-state index is 0.0105. The van der Waals surface area contributed by atoms with E-state index in [9.17, 15) is 9.50 Å². The molecule has 0 saturated carbocycles. The maximum Gasteiger partial charge on any atom is 0.147 e. The van der Waals surface area contributed by atoms with Crippen LogP contribution in [0.5, 0.6) is 5.75 Å². The number of benzene rings is 2. The second kappa shape index (κ2) is 6.57. The Kier molecular flexibility index (Phi) is 5.02. The van der Waals surface area contributed by atoms with Crippen LogP contribution in [0, 0.1) is 5.82 Å². The van der Waals surface area contributed by atoms with Crippen molar-refractivity contribution in [2.75, 3.05) is 6.61 Å². The standard InChI is InChI=1S/C15H13BrClFO2/c1-2-20-9-6-7-10(12(16)8-9)15(19)11-4-3-5-13(17)14(11)18/h3-8,15,19H,2H2,1H3. The van der Waals surface area contributed by atoms with Gasteiger partial charge in [0.15, 0.2) is 0 Å². The summed E-state index contributed by atoms with van der Waals surface area (Å²) in [6.45, 7) is 2.44. The number of rotatable bonds is 4. The molecule has 0 aromatic heterocycles. The van der Waals surface area contributed by atoms with Crippen molar-refractivity contribution in [2.45, 2.75) is 13.0 Å². The molecule has 2 nitrogen and oxygen atoms in total. The Bertz CT molecular complexity index is 619. The van der Waals surface area contributed by atoms with Gasteiger partial charge in [-0.2, -0.15) is 0 Å². The van der Waals surface area contributed by atoms with Gasteiger partial charge in [0.25, 0.3) is 0 Å². The summed E-state index contributed by atoms with van der Waals surface area (Å²) in [5.41, 5.74) is 0.692. The third-order valence-electron chi connectivity index (χ3n) is 2.85. The highest BCUT2D eigenvalue weighted by Gasteiger charge is 2.19. The first-order valence-corrected chi connectivity index (χ1v) is 7.26. The largest absolute Gasteiger partial charge is 0.494 e. The number of hydrogen-bond acceptors (Lipinski definition) is 2. The summed E-state index contributed by atoms with van der Waals surface area (Å²) in [4.78, 5) is 0. The van der Waals surface area contributed by atoms with Crippen molar-refractivity contribution in [1.82, 2.24) is 0 Å². The van der Waals surface area contributed by atoms with Crippen LogP contribution in [0.4, 0.5) is 4.39 Å². The van der Waals surface area contributed by atoms with Crippen molar-refractivity contribution in [2.24, 2.45) is 0 Å². The van der Waals surface area contributed by atoms with E-state index in [0.29, 0.717) is 22.4 Å². The Labute approximate surface area is 130 Å². The molecule has 0 amide bonds. The third-order valence-corrected chi connectivity index (χ3v) is 3.83. The highest BCUT2D eigenvalue weighted by Crippen LogP contribution is 2.33. The van der Waals surface area contributed by atoms with Crippen LogP contribution in [0.1, 0.15) is 24.2 Å². The first kappa shape index (κ1) is 15.3. The molecule has 20 heavy (non-hydrogen) atoms. The van der Waals surface area contributed by atoms with Crippen LogP contribution in [0.25, 0.3) is 0 Å². The zero-order valence-corrected chi connectivity index (χ0v) is 13.1. The molecule has 5 heteroatoms. The first-order valence-electron chi connectivity index (χ1n) is 6.08. The van der Waals surface area contributed by atoms with Gasteiger partial charge in [-0.3, -0.25) is 0 Å². The quantitative estimate of drug-likeness (QED) is 0.856. The molecule has 0 aliphatic carbocycles. The van der Waals surface area contributed by atoms with Crippen molar-refractivity contribution >= 4 is 27.5 Å². The lowest BCUT2D eigenvalue weighted by atomic mass is 10.0. The Balaban J connectivity index is 2.38. The van der Waals surface area contributed by atoms with E-state index in [0.717, 1.165) is 0 Å². The second-order valence-electron chi connectivity index (χ2n) is 4.16. The van der Waals surface area contributed by atoms with E-state index in [1.54, 1.807) is 24.3 Å². The number of halogens is 3. The van der Waals surface area contributed by atoms with E-state index in [-0.39, 0.29) is 10.6 Å². The fraction of sp³-hybridized carbons (Fsp3) is 0.200. The van der Waals surface area contributed by atoms with E-state index in [2.05, 4.69) is 15.9 Å². The summed E-state index contributed by atoms with van der Waals surface area (Å²) in [5, 5.41) is 10.3. The summed E-state index contributed by atoms with van der Waals surface area (Å²) < 4.78 is 19.9. The average Bonchev–Trinajstić information content (AvgIpc) is 2.42. The molecule has 0 radical (unpaired) electrons. The Morgan fingerprint density at radius 1 is 1.30 bits per heavy atom. The Morgan fingerprint density at radius 2 is 2.05 bits per heavy atom. The lowest BCUT2D eigenvalue weighted by Gasteiger charge is -2.15. The van der Waals surface area contributed by atoms with Crippen molar-refractivity contribution in [3.05, 3.63) is 62.8 Å². The monoisotopic (exact) mass is 358 g/mol. The lowest BCUT2D eigenvalue weighted by molar-refractivity contribution is 0.214. The van der Waals surface area contributed by atoms with Crippen LogP contribution in [0.15, 0.2) is 40.9 Å². The maximum absolute atomic E-state index is 13.9. The van der Waals surface area contributed by atoms with Crippen molar-refractivity contribution in [3.63, 3.8) is 0 Å². The average molecular weight is 360 g/mol. The van der Waals surface area contributed by atoms with Gasteiger partial charge in [-0.05, 0) is 30.7 Å². The maximum atomic E-state index is 13.9. The van der Waals surface area contributed by atoms with Crippen LogP contribution >= 0.6 is 27.5 Å². The fourth-order valence-electron chi connectivity index (χ4n) is 1.89. The lowest BCUT2D eigenvalue weighted by Crippen LogP contribution is -2.04. The molecule has 1 N–H and O–H groups in total. The van der Waals surface area contributed by atoms with Gasteiger partial charge in [0.05, 0.1) is 11.6 Å². The predicted octanol–water partition coefficient (Wildman–Crippen LogP) is 4.72.